The molecular formula is C28H45ClFN3O4. The number of rotatable bonds is 12. The van der Waals surface area contributed by atoms with Crippen molar-refractivity contribution in [2.24, 2.45) is 11.8 Å². The quantitative estimate of drug-likeness (QED) is 0.294. The standard InChI is InChI=1S/C28H45ClFN3O4/c1-31-18-22(17-20-10-12-23(34)13-11-20)32-27(35)33-15-6-7-21(19-33)28(36,14-3-4-16-37-2)24-8-5-9-25(29)26(24)30/h5,8-9,20-23,31,34,36H,3-4,6-7,10-19H2,1-2H3,(H,32,35)/t20?,21-,22+,23?,28+/m1/s1. The third-order valence-corrected chi connectivity index (χ3v) is 8.46. The number of carbonyl (C=O) groups is 1. The Kier molecular flexibility index (Phi) is 11.9. The number of nitrogens with zero attached hydrogens (tertiary/aromatic N) is 1. The fourth-order valence-electron chi connectivity index (χ4n) is 6.08. The molecule has 37 heavy (non-hydrogen) atoms. The van der Waals surface area contributed by atoms with Gasteiger partial charge in [-0.1, -0.05) is 23.7 Å². The van der Waals surface area contributed by atoms with Gasteiger partial charge in [0, 0.05) is 50.9 Å². The lowest BCUT2D eigenvalue weighted by Crippen LogP contribution is -2.54. The van der Waals surface area contributed by atoms with E-state index in [9.17, 15) is 15.0 Å². The summed E-state index contributed by atoms with van der Waals surface area (Å²) in [7, 11) is 3.52. The van der Waals surface area contributed by atoms with Crippen molar-refractivity contribution in [1.82, 2.24) is 15.5 Å². The predicted molar refractivity (Wildman–Crippen MR) is 144 cm³/mol. The van der Waals surface area contributed by atoms with Crippen LogP contribution in [0.4, 0.5) is 9.18 Å². The molecule has 1 aromatic carbocycles. The lowest BCUT2D eigenvalue weighted by molar-refractivity contribution is -0.0587. The molecule has 0 bridgehead atoms. The van der Waals surface area contributed by atoms with Crippen LogP contribution in [0.15, 0.2) is 18.2 Å². The van der Waals surface area contributed by atoms with E-state index in [2.05, 4.69) is 10.6 Å². The maximum absolute atomic E-state index is 15.2. The first-order valence-electron chi connectivity index (χ1n) is 13.8. The van der Waals surface area contributed by atoms with Crippen LogP contribution in [-0.4, -0.2) is 73.7 Å². The first-order chi connectivity index (χ1) is 17.8. The second kappa shape index (κ2) is 14.6. The van der Waals surface area contributed by atoms with Gasteiger partial charge in [-0.3, -0.25) is 0 Å². The highest BCUT2D eigenvalue weighted by molar-refractivity contribution is 6.30. The zero-order valence-electron chi connectivity index (χ0n) is 22.4. The Balaban J connectivity index is 1.70. The number of hydrogen-bond acceptors (Lipinski definition) is 5. The summed E-state index contributed by atoms with van der Waals surface area (Å²) in [4.78, 5) is 15.1. The SMILES string of the molecule is CNC[C@H](CC1CCC(O)CC1)NC(=O)N1CCC[C@@H]([C@@](O)(CCCCOC)c2cccc(Cl)c2F)C1. The summed E-state index contributed by atoms with van der Waals surface area (Å²) in [5.41, 5.74) is -1.23. The van der Waals surface area contributed by atoms with E-state index in [1.807, 2.05) is 7.05 Å². The topological polar surface area (TPSA) is 94.1 Å². The molecule has 1 aliphatic heterocycles. The first-order valence-corrected chi connectivity index (χ1v) is 14.2. The van der Waals surface area contributed by atoms with Crippen LogP contribution in [0.2, 0.25) is 5.02 Å². The van der Waals surface area contributed by atoms with Crippen molar-refractivity contribution >= 4 is 17.6 Å². The summed E-state index contributed by atoms with van der Waals surface area (Å²) in [5, 5.41) is 28.2. The van der Waals surface area contributed by atoms with E-state index < -0.39 is 11.4 Å². The Bertz CT molecular complexity index is 855. The summed E-state index contributed by atoms with van der Waals surface area (Å²) in [6, 6.07) is 4.60. The molecule has 4 N–H and O–H groups in total. The average Bonchev–Trinajstić information content (AvgIpc) is 2.89. The van der Waals surface area contributed by atoms with E-state index >= 15 is 4.39 Å². The van der Waals surface area contributed by atoms with Gasteiger partial charge in [0.05, 0.1) is 16.7 Å². The van der Waals surface area contributed by atoms with E-state index in [4.69, 9.17) is 16.3 Å². The molecule has 7 nitrogen and oxygen atoms in total. The molecule has 0 spiro atoms. The van der Waals surface area contributed by atoms with Crippen LogP contribution < -0.4 is 10.6 Å². The summed E-state index contributed by atoms with van der Waals surface area (Å²) in [5.74, 6) is -0.420. The minimum atomic E-state index is -1.44. The van der Waals surface area contributed by atoms with Gasteiger partial charge < -0.3 is 30.5 Å². The van der Waals surface area contributed by atoms with Gasteiger partial charge in [-0.15, -0.1) is 0 Å². The molecule has 1 aliphatic carbocycles. The van der Waals surface area contributed by atoms with Gasteiger partial charge in [0.25, 0.3) is 0 Å². The zero-order valence-corrected chi connectivity index (χ0v) is 23.1. The van der Waals surface area contributed by atoms with E-state index in [0.29, 0.717) is 51.4 Å². The van der Waals surface area contributed by atoms with E-state index in [1.165, 1.54) is 6.07 Å². The van der Waals surface area contributed by atoms with Gasteiger partial charge in [-0.2, -0.15) is 0 Å². The van der Waals surface area contributed by atoms with Gasteiger partial charge in [-0.25, -0.2) is 9.18 Å². The smallest absolute Gasteiger partial charge is 0.317 e. The second-order valence-electron chi connectivity index (χ2n) is 10.9. The minimum Gasteiger partial charge on any atom is -0.393 e. The van der Waals surface area contributed by atoms with Crippen molar-refractivity contribution in [3.05, 3.63) is 34.6 Å². The highest BCUT2D eigenvalue weighted by Crippen LogP contribution is 2.42. The van der Waals surface area contributed by atoms with Gasteiger partial charge >= 0.3 is 6.03 Å². The molecule has 2 fully saturated rings. The number of likely N-dealkylation sites (N-methyl/N-ethyl adjacent to an activating group) is 1. The van der Waals surface area contributed by atoms with Crippen LogP contribution in [-0.2, 0) is 10.3 Å². The van der Waals surface area contributed by atoms with E-state index in [-0.39, 0.29) is 34.7 Å². The second-order valence-corrected chi connectivity index (χ2v) is 11.3. The summed E-state index contributed by atoms with van der Waals surface area (Å²) < 4.78 is 20.3. The van der Waals surface area contributed by atoms with Crippen LogP contribution in [0.3, 0.4) is 0 Å². The van der Waals surface area contributed by atoms with Crippen LogP contribution in [0.25, 0.3) is 0 Å². The molecule has 1 saturated carbocycles. The molecule has 2 aliphatic rings. The number of amides is 2. The fourth-order valence-corrected chi connectivity index (χ4v) is 6.25. The monoisotopic (exact) mass is 541 g/mol. The molecule has 3 rings (SSSR count). The third-order valence-electron chi connectivity index (χ3n) is 8.17. The number of nitrogens with one attached hydrogen (secondary N) is 2. The number of hydrogen-bond donors (Lipinski definition) is 4. The molecule has 1 heterocycles. The number of urea groups is 1. The Morgan fingerprint density at radius 2 is 2.03 bits per heavy atom. The molecule has 0 radical (unpaired) electrons. The van der Waals surface area contributed by atoms with Gasteiger partial charge in [0.2, 0.25) is 0 Å². The highest BCUT2D eigenvalue weighted by Gasteiger charge is 2.43. The maximum atomic E-state index is 15.2. The predicted octanol–water partition coefficient (Wildman–Crippen LogP) is 4.43. The van der Waals surface area contributed by atoms with E-state index in [0.717, 1.165) is 44.9 Å². The van der Waals surface area contributed by atoms with Gasteiger partial charge in [0.15, 0.2) is 0 Å². The number of halogens is 2. The fraction of sp³-hybridized carbons (Fsp3) is 0.750. The van der Waals surface area contributed by atoms with Crippen molar-refractivity contribution in [2.75, 3.05) is 40.4 Å². The van der Waals surface area contributed by atoms with Crippen molar-refractivity contribution in [3.63, 3.8) is 0 Å². The van der Waals surface area contributed by atoms with Crippen molar-refractivity contribution < 1.29 is 24.1 Å². The zero-order chi connectivity index (χ0) is 26.8. The van der Waals surface area contributed by atoms with Crippen LogP contribution in [0.5, 0.6) is 0 Å². The average molecular weight is 542 g/mol. The lowest BCUT2D eigenvalue weighted by Gasteiger charge is -2.43. The van der Waals surface area contributed by atoms with Crippen molar-refractivity contribution in [1.29, 1.82) is 0 Å². The van der Waals surface area contributed by atoms with Crippen LogP contribution in [0.1, 0.15) is 69.8 Å². The van der Waals surface area contributed by atoms with Gasteiger partial charge in [-0.05, 0) is 83.2 Å². The molecule has 1 saturated heterocycles. The summed E-state index contributed by atoms with van der Waals surface area (Å²) in [6.07, 6.45) is 7.48. The molecule has 9 heteroatoms. The van der Waals surface area contributed by atoms with Crippen molar-refractivity contribution in [3.8, 4) is 0 Å². The summed E-state index contributed by atoms with van der Waals surface area (Å²) >= 11 is 6.10. The first kappa shape index (κ1) is 30.1. The number of carbonyl (C=O) groups excluding carboxylic acids is 1. The van der Waals surface area contributed by atoms with Crippen LogP contribution in [0, 0.1) is 17.7 Å². The molecule has 210 valence electrons. The molecule has 2 amide bonds. The Morgan fingerprint density at radius 1 is 1.27 bits per heavy atom. The number of likely N-dealkylation sites (tertiary alicyclic amines) is 1. The number of benzene rings is 1. The molecule has 0 unspecified atom stereocenters. The largest absolute Gasteiger partial charge is 0.393 e. The number of piperidine rings is 1. The number of ether oxygens (including phenoxy) is 1. The maximum Gasteiger partial charge on any atom is 0.317 e. The molecular weight excluding hydrogens is 497 g/mol. The number of methoxy groups -OCH3 is 1. The Hall–Kier alpha value is -1.45. The Morgan fingerprint density at radius 3 is 2.73 bits per heavy atom. The lowest BCUT2D eigenvalue weighted by atomic mass is 9.74. The van der Waals surface area contributed by atoms with Crippen molar-refractivity contribution in [2.45, 2.75) is 82.0 Å². The normalized spacial score (nSPS) is 24.9. The van der Waals surface area contributed by atoms with Gasteiger partial charge in [0.1, 0.15) is 5.82 Å². The third kappa shape index (κ3) is 8.27. The highest BCUT2D eigenvalue weighted by atomic mass is 35.5. The number of aliphatic hydroxyl groups excluding tert-OH is 1. The number of aliphatic hydroxyl groups is 2. The molecule has 1 aromatic rings. The van der Waals surface area contributed by atoms with E-state index in [1.54, 1.807) is 24.1 Å². The summed E-state index contributed by atoms with van der Waals surface area (Å²) in [6.45, 7) is 2.18. The molecule has 0 aromatic heterocycles. The van der Waals surface area contributed by atoms with Crippen LogP contribution >= 0.6 is 11.6 Å². The number of unbranched alkanes of at least 4 members (excludes halogenated alkanes) is 1. The Labute approximate surface area is 226 Å². The minimum absolute atomic E-state index is 0.0108. The molecule has 3 atom stereocenters.